The van der Waals surface area contributed by atoms with Gasteiger partial charge in [0.25, 0.3) is 0 Å². The van der Waals surface area contributed by atoms with Crippen molar-refractivity contribution in [3.8, 4) is 0 Å². The number of nitrogens with zero attached hydrogens (tertiary/aromatic N) is 1. The van der Waals surface area contributed by atoms with Crippen LogP contribution in [-0.2, 0) is 23.9 Å². The maximum absolute atomic E-state index is 14.3. The third-order valence-electron chi connectivity index (χ3n) is 6.85. The van der Waals surface area contributed by atoms with Crippen LogP contribution in [0.1, 0.15) is 103 Å². The van der Waals surface area contributed by atoms with Gasteiger partial charge in [0.05, 0.1) is 7.11 Å². The summed E-state index contributed by atoms with van der Waals surface area (Å²) in [6.07, 6.45) is 4.72. The topological polar surface area (TPSA) is 114 Å². The van der Waals surface area contributed by atoms with E-state index in [1.54, 1.807) is 25.7 Å². The molecular weight excluding hydrogens is 510 g/mol. The van der Waals surface area contributed by atoms with E-state index >= 15 is 0 Å². The highest BCUT2D eigenvalue weighted by Crippen LogP contribution is 2.28. The van der Waals surface area contributed by atoms with Gasteiger partial charge in [-0.2, -0.15) is 0 Å². The van der Waals surface area contributed by atoms with Gasteiger partial charge in [-0.3, -0.25) is 14.4 Å². The zero-order chi connectivity index (χ0) is 30.5. The van der Waals surface area contributed by atoms with Gasteiger partial charge in [-0.15, -0.1) is 0 Å². The van der Waals surface area contributed by atoms with Crippen LogP contribution in [0.15, 0.2) is 18.2 Å². The molecule has 0 saturated carbocycles. The zero-order valence-corrected chi connectivity index (χ0v) is 26.0. The van der Waals surface area contributed by atoms with Crippen LogP contribution in [0.5, 0.6) is 0 Å². The Bertz CT molecular complexity index is 988. The minimum absolute atomic E-state index is 0.222. The van der Waals surface area contributed by atoms with Crippen molar-refractivity contribution in [1.82, 2.24) is 15.5 Å². The highest BCUT2D eigenvalue weighted by molar-refractivity contribution is 5.93. The molecule has 0 spiro atoms. The van der Waals surface area contributed by atoms with Crippen molar-refractivity contribution >= 4 is 23.9 Å². The van der Waals surface area contributed by atoms with Gasteiger partial charge in [0.15, 0.2) is 0 Å². The number of hydrogen-bond acceptors (Lipinski definition) is 6. The van der Waals surface area contributed by atoms with Gasteiger partial charge in [-0.1, -0.05) is 76.6 Å². The molecule has 0 radical (unpaired) electrons. The van der Waals surface area contributed by atoms with E-state index in [0.717, 1.165) is 36.8 Å². The molecule has 9 nitrogen and oxygen atoms in total. The number of carbonyl (C=O) groups is 4. The Labute approximate surface area is 240 Å². The average Bonchev–Trinajstić information content (AvgIpc) is 2.88. The smallest absolute Gasteiger partial charge is 0.408 e. The van der Waals surface area contributed by atoms with Gasteiger partial charge < -0.3 is 25.0 Å². The van der Waals surface area contributed by atoms with E-state index in [-0.39, 0.29) is 18.4 Å². The lowest BCUT2D eigenvalue weighted by Gasteiger charge is -2.36. The second-order valence-electron chi connectivity index (χ2n) is 11.5. The minimum Gasteiger partial charge on any atom is -0.468 e. The van der Waals surface area contributed by atoms with Gasteiger partial charge in [-0.05, 0) is 58.1 Å². The molecule has 3 unspecified atom stereocenters. The number of unbranched alkanes of at least 4 members (excludes halogenated alkanes) is 4. The summed E-state index contributed by atoms with van der Waals surface area (Å²) in [5, 5.41) is 5.44. The van der Waals surface area contributed by atoms with Crippen LogP contribution in [0.3, 0.4) is 0 Å². The molecule has 0 aliphatic carbocycles. The van der Waals surface area contributed by atoms with Crippen LogP contribution in [0.25, 0.3) is 0 Å². The van der Waals surface area contributed by atoms with E-state index < -0.39 is 35.7 Å². The first kappa shape index (κ1) is 34.9. The molecule has 226 valence electrons. The number of amides is 3. The Morgan fingerprint density at radius 3 is 2.20 bits per heavy atom. The van der Waals surface area contributed by atoms with Crippen molar-refractivity contribution in [2.75, 3.05) is 20.2 Å². The summed E-state index contributed by atoms with van der Waals surface area (Å²) in [5.74, 6) is -1.66. The maximum atomic E-state index is 14.3. The lowest BCUT2D eigenvalue weighted by molar-refractivity contribution is -0.145. The van der Waals surface area contributed by atoms with Crippen molar-refractivity contribution in [3.05, 3.63) is 34.9 Å². The molecule has 0 aliphatic rings. The molecule has 9 heteroatoms. The Morgan fingerprint density at radius 2 is 1.65 bits per heavy atom. The third-order valence-corrected chi connectivity index (χ3v) is 6.85. The molecule has 3 amide bonds. The van der Waals surface area contributed by atoms with Crippen LogP contribution in [0, 0.1) is 19.8 Å². The second kappa shape index (κ2) is 16.9. The quantitative estimate of drug-likeness (QED) is 0.220. The number of hydrogen-bond donors (Lipinski definition) is 2. The molecule has 1 aromatic rings. The summed E-state index contributed by atoms with van der Waals surface area (Å²) in [7, 11) is 1.25. The standard InChI is InChI=1S/C31H51N3O6/c1-10-12-13-14-15-18-34(29(37)26(22(4)11-2)33-30(38)40-31(6,7)8)27(28(36)32-20-25(35)39-9)24-17-16-21(3)19-23(24)5/h16-17,19,22,26-27H,10-15,18,20H2,1-9H3,(H,32,36)(H,33,38). The predicted molar refractivity (Wildman–Crippen MR) is 157 cm³/mol. The van der Waals surface area contributed by atoms with Crippen molar-refractivity contribution < 1.29 is 28.7 Å². The number of methoxy groups -OCH3 is 1. The summed E-state index contributed by atoms with van der Waals surface area (Å²) in [4.78, 5) is 54.3. The number of alkyl carbamates (subject to hydrolysis) is 1. The first-order chi connectivity index (χ1) is 18.7. The van der Waals surface area contributed by atoms with Gasteiger partial charge in [0.1, 0.15) is 24.2 Å². The van der Waals surface area contributed by atoms with Crippen molar-refractivity contribution in [3.63, 3.8) is 0 Å². The molecular formula is C31H51N3O6. The van der Waals surface area contributed by atoms with Gasteiger partial charge in [0.2, 0.25) is 11.8 Å². The lowest BCUT2D eigenvalue weighted by atomic mass is 9.93. The van der Waals surface area contributed by atoms with Crippen molar-refractivity contribution in [2.45, 2.75) is 112 Å². The minimum atomic E-state index is -1.00. The fourth-order valence-corrected chi connectivity index (χ4v) is 4.46. The Kier molecular flexibility index (Phi) is 14.7. The second-order valence-corrected chi connectivity index (χ2v) is 11.5. The highest BCUT2D eigenvalue weighted by atomic mass is 16.6. The number of esters is 1. The SMILES string of the molecule is CCCCCCCN(C(=O)C(NC(=O)OC(C)(C)C)C(C)CC)C(C(=O)NCC(=O)OC)c1ccc(C)cc1C. The molecule has 3 atom stereocenters. The molecule has 0 heterocycles. The van der Waals surface area contributed by atoms with E-state index in [0.29, 0.717) is 24.9 Å². The van der Waals surface area contributed by atoms with E-state index in [4.69, 9.17) is 9.47 Å². The van der Waals surface area contributed by atoms with E-state index in [1.807, 2.05) is 45.9 Å². The summed E-state index contributed by atoms with van der Waals surface area (Å²) >= 11 is 0. The summed E-state index contributed by atoms with van der Waals surface area (Å²) in [5.41, 5.74) is 1.80. The van der Waals surface area contributed by atoms with Gasteiger partial charge in [-0.25, -0.2) is 4.79 Å². The molecule has 0 bridgehead atoms. The van der Waals surface area contributed by atoms with Gasteiger partial charge >= 0.3 is 12.1 Å². The lowest BCUT2D eigenvalue weighted by Crippen LogP contribution is -2.55. The van der Waals surface area contributed by atoms with Crippen LogP contribution in [0.2, 0.25) is 0 Å². The Balaban J connectivity index is 3.57. The molecule has 0 aromatic heterocycles. The van der Waals surface area contributed by atoms with E-state index in [9.17, 15) is 19.2 Å². The van der Waals surface area contributed by atoms with Gasteiger partial charge in [0, 0.05) is 6.54 Å². The molecule has 1 rings (SSSR count). The monoisotopic (exact) mass is 561 g/mol. The number of carbonyl (C=O) groups excluding carboxylic acids is 4. The van der Waals surface area contributed by atoms with Crippen LogP contribution in [0.4, 0.5) is 4.79 Å². The fourth-order valence-electron chi connectivity index (χ4n) is 4.46. The zero-order valence-electron chi connectivity index (χ0n) is 26.0. The molecule has 0 fully saturated rings. The third kappa shape index (κ3) is 11.6. The van der Waals surface area contributed by atoms with Crippen LogP contribution < -0.4 is 10.6 Å². The number of ether oxygens (including phenoxy) is 2. The first-order valence-corrected chi connectivity index (χ1v) is 14.5. The van der Waals surface area contributed by atoms with Crippen LogP contribution in [-0.4, -0.2) is 60.6 Å². The van der Waals surface area contributed by atoms with Crippen molar-refractivity contribution in [1.29, 1.82) is 0 Å². The first-order valence-electron chi connectivity index (χ1n) is 14.5. The predicted octanol–water partition coefficient (Wildman–Crippen LogP) is 5.37. The van der Waals surface area contributed by atoms with E-state index in [2.05, 4.69) is 17.6 Å². The van der Waals surface area contributed by atoms with Crippen molar-refractivity contribution in [2.24, 2.45) is 5.92 Å². The Morgan fingerprint density at radius 1 is 1.00 bits per heavy atom. The largest absolute Gasteiger partial charge is 0.468 e. The summed E-state index contributed by atoms with van der Waals surface area (Å²) in [6, 6.07) is 3.81. The number of nitrogens with one attached hydrogen (secondary N) is 2. The summed E-state index contributed by atoms with van der Waals surface area (Å²) in [6.45, 7) is 15.1. The molecule has 0 saturated heterocycles. The normalized spacial score (nSPS) is 13.5. The fraction of sp³-hybridized carbons (Fsp3) is 0.677. The number of rotatable bonds is 15. The molecule has 40 heavy (non-hydrogen) atoms. The van der Waals surface area contributed by atoms with Crippen LogP contribution >= 0.6 is 0 Å². The molecule has 0 aliphatic heterocycles. The van der Waals surface area contributed by atoms with E-state index in [1.165, 1.54) is 7.11 Å². The molecule has 1 aromatic carbocycles. The number of benzene rings is 1. The maximum Gasteiger partial charge on any atom is 0.408 e. The average molecular weight is 562 g/mol. The number of aryl methyl sites for hydroxylation is 2. The molecule has 2 N–H and O–H groups in total. The highest BCUT2D eigenvalue weighted by Gasteiger charge is 2.38. The Hall–Kier alpha value is -3.10. The summed E-state index contributed by atoms with van der Waals surface area (Å²) < 4.78 is 10.2.